The standard InChI is InChI=1S/C16H33N3O2.HI/c1-4-6-11-20-12-9-18-16(17-5-2)19(3)10-13-21-14-15-7-8-15;/h15H,4-14H2,1-3H3,(H,17,18);1H. The van der Waals surface area contributed by atoms with Crippen molar-refractivity contribution >= 4 is 29.9 Å². The fourth-order valence-electron chi connectivity index (χ4n) is 1.88. The number of nitrogens with one attached hydrogen (secondary N) is 1. The number of hydrogen-bond acceptors (Lipinski definition) is 3. The Labute approximate surface area is 153 Å². The second kappa shape index (κ2) is 14.5. The van der Waals surface area contributed by atoms with Crippen LogP contribution >= 0.6 is 24.0 Å². The average Bonchev–Trinajstić information content (AvgIpc) is 3.30. The molecule has 0 heterocycles. The summed E-state index contributed by atoms with van der Waals surface area (Å²) < 4.78 is 11.2. The number of ether oxygens (including phenoxy) is 2. The van der Waals surface area contributed by atoms with E-state index in [1.165, 1.54) is 19.3 Å². The van der Waals surface area contributed by atoms with Crippen LogP contribution in [0.4, 0.5) is 0 Å². The van der Waals surface area contributed by atoms with E-state index in [1.807, 2.05) is 0 Å². The second-order valence-electron chi connectivity index (χ2n) is 5.64. The number of guanidine groups is 1. The molecule has 0 unspecified atom stereocenters. The normalized spacial score (nSPS) is 14.6. The van der Waals surface area contributed by atoms with Crippen molar-refractivity contribution in [3.05, 3.63) is 0 Å². The third-order valence-corrected chi connectivity index (χ3v) is 3.46. The van der Waals surface area contributed by atoms with Crippen LogP contribution in [0.15, 0.2) is 4.99 Å². The lowest BCUT2D eigenvalue weighted by Crippen LogP contribution is -2.40. The Morgan fingerprint density at radius 1 is 1.18 bits per heavy atom. The molecule has 0 aromatic carbocycles. The molecule has 5 nitrogen and oxygen atoms in total. The summed E-state index contributed by atoms with van der Waals surface area (Å²) in [5, 5.41) is 3.31. The zero-order valence-corrected chi connectivity index (χ0v) is 16.8. The largest absolute Gasteiger partial charge is 0.380 e. The lowest BCUT2D eigenvalue weighted by atomic mass is 10.4. The Hall–Kier alpha value is -0.0800. The van der Waals surface area contributed by atoms with Crippen molar-refractivity contribution in [2.75, 3.05) is 53.1 Å². The molecule has 1 aliphatic carbocycles. The van der Waals surface area contributed by atoms with Gasteiger partial charge in [0.15, 0.2) is 5.96 Å². The van der Waals surface area contributed by atoms with Crippen molar-refractivity contribution in [2.45, 2.75) is 39.5 Å². The summed E-state index contributed by atoms with van der Waals surface area (Å²) in [7, 11) is 2.06. The smallest absolute Gasteiger partial charge is 0.193 e. The third-order valence-electron chi connectivity index (χ3n) is 3.46. The fraction of sp³-hybridized carbons (Fsp3) is 0.938. The highest BCUT2D eigenvalue weighted by Gasteiger charge is 2.21. The highest BCUT2D eigenvalue weighted by molar-refractivity contribution is 14.0. The van der Waals surface area contributed by atoms with Crippen molar-refractivity contribution in [3.63, 3.8) is 0 Å². The van der Waals surface area contributed by atoms with Crippen molar-refractivity contribution in [2.24, 2.45) is 10.9 Å². The summed E-state index contributed by atoms with van der Waals surface area (Å²) in [5.74, 6) is 1.77. The molecule has 132 valence electrons. The van der Waals surface area contributed by atoms with Gasteiger partial charge in [-0.05, 0) is 32.1 Å². The molecule has 1 fully saturated rings. The second-order valence-corrected chi connectivity index (χ2v) is 5.64. The van der Waals surface area contributed by atoms with E-state index >= 15 is 0 Å². The van der Waals surface area contributed by atoms with Gasteiger partial charge in [-0.2, -0.15) is 0 Å². The lowest BCUT2D eigenvalue weighted by molar-refractivity contribution is 0.115. The number of likely N-dealkylation sites (N-methyl/N-ethyl adjacent to an activating group) is 1. The van der Waals surface area contributed by atoms with Gasteiger partial charge in [0.05, 0.1) is 19.8 Å². The summed E-state index contributed by atoms with van der Waals surface area (Å²) in [5.41, 5.74) is 0. The van der Waals surface area contributed by atoms with Gasteiger partial charge in [-0.3, -0.25) is 4.99 Å². The number of hydrogen-bond donors (Lipinski definition) is 1. The molecule has 0 spiro atoms. The van der Waals surface area contributed by atoms with E-state index in [4.69, 9.17) is 9.47 Å². The molecule has 0 saturated heterocycles. The van der Waals surface area contributed by atoms with Gasteiger partial charge < -0.3 is 19.7 Å². The molecule has 0 atom stereocenters. The molecule has 0 bridgehead atoms. The topological polar surface area (TPSA) is 46.1 Å². The third kappa shape index (κ3) is 11.5. The van der Waals surface area contributed by atoms with Gasteiger partial charge >= 0.3 is 0 Å². The van der Waals surface area contributed by atoms with Gasteiger partial charge in [-0.1, -0.05) is 13.3 Å². The summed E-state index contributed by atoms with van der Waals surface area (Å²) in [6.45, 7) is 9.94. The molecule has 0 radical (unpaired) electrons. The van der Waals surface area contributed by atoms with E-state index in [-0.39, 0.29) is 24.0 Å². The Kier molecular flexibility index (Phi) is 14.5. The number of unbranched alkanes of at least 4 members (excludes halogenated alkanes) is 1. The SMILES string of the molecule is CCCCOCCN=C(NCC)N(C)CCOCC1CC1.I. The first-order chi connectivity index (χ1) is 10.3. The fourth-order valence-corrected chi connectivity index (χ4v) is 1.88. The Morgan fingerprint density at radius 2 is 1.95 bits per heavy atom. The Bertz CT molecular complexity index is 287. The zero-order valence-electron chi connectivity index (χ0n) is 14.5. The summed E-state index contributed by atoms with van der Waals surface area (Å²) in [4.78, 5) is 6.72. The van der Waals surface area contributed by atoms with Crippen LogP contribution in [0.25, 0.3) is 0 Å². The molecule has 0 amide bonds. The van der Waals surface area contributed by atoms with E-state index in [9.17, 15) is 0 Å². The molecule has 1 rings (SSSR count). The van der Waals surface area contributed by atoms with E-state index in [0.717, 1.165) is 51.2 Å². The number of rotatable bonds is 12. The molecule has 1 aliphatic rings. The molecule has 22 heavy (non-hydrogen) atoms. The first kappa shape index (κ1) is 21.9. The first-order valence-electron chi connectivity index (χ1n) is 8.42. The molecule has 0 aromatic heterocycles. The maximum atomic E-state index is 5.68. The molecule has 1 N–H and O–H groups in total. The maximum absolute atomic E-state index is 5.68. The van der Waals surface area contributed by atoms with Gasteiger partial charge in [0.25, 0.3) is 0 Å². The van der Waals surface area contributed by atoms with Crippen LogP contribution in [0.1, 0.15) is 39.5 Å². The van der Waals surface area contributed by atoms with Gasteiger partial charge in [0.2, 0.25) is 0 Å². The van der Waals surface area contributed by atoms with E-state index in [0.29, 0.717) is 13.2 Å². The van der Waals surface area contributed by atoms with Crippen molar-refractivity contribution in [3.8, 4) is 0 Å². The summed E-state index contributed by atoms with van der Waals surface area (Å²) in [6, 6.07) is 0. The van der Waals surface area contributed by atoms with Crippen LogP contribution in [0.5, 0.6) is 0 Å². The Balaban J connectivity index is 0.00000441. The molecular formula is C16H34IN3O2. The van der Waals surface area contributed by atoms with Crippen molar-refractivity contribution in [1.29, 1.82) is 0 Å². The minimum absolute atomic E-state index is 0. The quantitative estimate of drug-likeness (QED) is 0.225. The lowest BCUT2D eigenvalue weighted by Gasteiger charge is -2.22. The highest BCUT2D eigenvalue weighted by atomic mass is 127. The van der Waals surface area contributed by atoms with Crippen LogP contribution in [-0.4, -0.2) is 64.0 Å². The molecule has 0 aliphatic heterocycles. The molecule has 1 saturated carbocycles. The highest BCUT2D eigenvalue weighted by Crippen LogP contribution is 2.28. The number of aliphatic imine (C=N–C) groups is 1. The predicted molar refractivity (Wildman–Crippen MR) is 103 cm³/mol. The number of halogens is 1. The minimum Gasteiger partial charge on any atom is -0.380 e. The summed E-state index contributed by atoms with van der Waals surface area (Å²) >= 11 is 0. The van der Waals surface area contributed by atoms with Crippen molar-refractivity contribution in [1.82, 2.24) is 10.2 Å². The minimum atomic E-state index is 0. The van der Waals surface area contributed by atoms with Gasteiger partial charge in [0.1, 0.15) is 0 Å². The van der Waals surface area contributed by atoms with Crippen LogP contribution in [-0.2, 0) is 9.47 Å². The Morgan fingerprint density at radius 3 is 2.59 bits per heavy atom. The van der Waals surface area contributed by atoms with Gasteiger partial charge in [-0.15, -0.1) is 24.0 Å². The van der Waals surface area contributed by atoms with E-state index < -0.39 is 0 Å². The maximum Gasteiger partial charge on any atom is 0.193 e. The van der Waals surface area contributed by atoms with Crippen molar-refractivity contribution < 1.29 is 9.47 Å². The molecule has 0 aromatic rings. The van der Waals surface area contributed by atoms with Crippen LogP contribution in [0.3, 0.4) is 0 Å². The molecular weight excluding hydrogens is 393 g/mol. The van der Waals surface area contributed by atoms with Gasteiger partial charge in [0, 0.05) is 33.4 Å². The van der Waals surface area contributed by atoms with Crippen LogP contribution in [0, 0.1) is 5.92 Å². The summed E-state index contributed by atoms with van der Waals surface area (Å²) in [6.07, 6.45) is 4.99. The van der Waals surface area contributed by atoms with E-state index in [2.05, 4.69) is 36.1 Å². The van der Waals surface area contributed by atoms with Gasteiger partial charge in [-0.25, -0.2) is 0 Å². The van der Waals surface area contributed by atoms with Crippen LogP contribution < -0.4 is 5.32 Å². The monoisotopic (exact) mass is 427 g/mol. The first-order valence-corrected chi connectivity index (χ1v) is 8.42. The average molecular weight is 427 g/mol. The van der Waals surface area contributed by atoms with Crippen LogP contribution in [0.2, 0.25) is 0 Å². The molecule has 6 heteroatoms. The predicted octanol–water partition coefficient (Wildman–Crippen LogP) is 2.75. The number of nitrogens with zero attached hydrogens (tertiary/aromatic N) is 2. The van der Waals surface area contributed by atoms with E-state index in [1.54, 1.807) is 0 Å². The zero-order chi connectivity index (χ0) is 15.3.